The maximum absolute atomic E-state index is 13.5. The van der Waals surface area contributed by atoms with Crippen LogP contribution in [0.25, 0.3) is 0 Å². The molecule has 0 aliphatic rings. The highest BCUT2D eigenvalue weighted by Crippen LogP contribution is 1.95. The van der Waals surface area contributed by atoms with E-state index in [1.807, 2.05) is 13.8 Å². The molecule has 0 aromatic carbocycles. The van der Waals surface area contributed by atoms with Crippen molar-refractivity contribution in [3.63, 3.8) is 0 Å². The van der Waals surface area contributed by atoms with Gasteiger partial charge in [-0.25, -0.2) is 4.39 Å². The first-order valence-corrected chi connectivity index (χ1v) is 11.0. The number of alkyl halides is 1. The largest absolute Gasteiger partial charge is 0.377 e. The van der Waals surface area contributed by atoms with Crippen molar-refractivity contribution in [2.75, 3.05) is 72.6 Å². The Bertz CT molecular complexity index is 455. The lowest BCUT2D eigenvalue weighted by Gasteiger charge is -2.12. The minimum absolute atomic E-state index is 0.0488. The van der Waals surface area contributed by atoms with Gasteiger partial charge in [0.15, 0.2) is 0 Å². The lowest BCUT2D eigenvalue weighted by atomic mass is 10.2. The summed E-state index contributed by atoms with van der Waals surface area (Å²) in [7, 11) is 0. The zero-order valence-electron chi connectivity index (χ0n) is 19.5. The van der Waals surface area contributed by atoms with Gasteiger partial charge in [-0.2, -0.15) is 0 Å². The molecule has 0 aromatic rings. The monoisotopic (exact) mass is 452 g/mol. The van der Waals surface area contributed by atoms with Crippen molar-refractivity contribution in [1.29, 1.82) is 0 Å². The van der Waals surface area contributed by atoms with Gasteiger partial charge in [-0.15, -0.1) is 0 Å². The van der Waals surface area contributed by atoms with Crippen molar-refractivity contribution in [2.45, 2.75) is 46.4 Å². The van der Waals surface area contributed by atoms with Gasteiger partial charge in [-0.1, -0.05) is 20.8 Å². The van der Waals surface area contributed by atoms with E-state index in [4.69, 9.17) is 23.7 Å². The maximum atomic E-state index is 13.5. The average molecular weight is 453 g/mol. The molecule has 10 heteroatoms. The van der Waals surface area contributed by atoms with Crippen LogP contribution in [0.1, 0.15) is 34.1 Å². The highest BCUT2D eigenvalue weighted by atomic mass is 19.1. The van der Waals surface area contributed by atoms with Crippen LogP contribution < -0.4 is 10.6 Å². The van der Waals surface area contributed by atoms with Gasteiger partial charge in [-0.3, -0.25) is 9.59 Å². The third-order valence-electron chi connectivity index (χ3n) is 4.08. The van der Waals surface area contributed by atoms with E-state index in [-0.39, 0.29) is 50.2 Å². The Balaban J connectivity index is 3.28. The number of ether oxygens (including phenoxy) is 5. The summed E-state index contributed by atoms with van der Waals surface area (Å²) in [5.41, 5.74) is 0. The Morgan fingerprint density at radius 3 is 1.94 bits per heavy atom. The molecule has 31 heavy (non-hydrogen) atoms. The van der Waals surface area contributed by atoms with Crippen LogP contribution in [-0.2, 0) is 33.3 Å². The lowest BCUT2D eigenvalue weighted by molar-refractivity contribution is -0.127. The quantitative estimate of drug-likeness (QED) is 0.251. The van der Waals surface area contributed by atoms with Gasteiger partial charge >= 0.3 is 0 Å². The SMILES string of the molecule is CCC(C)OCC(=O)NCCOCCOCCOCCOCC(F)CNC(=O)C(C)C. The first-order chi connectivity index (χ1) is 14.9. The standard InChI is InChI=1S/C21H41FN2O7/c1-5-18(4)31-16-20(25)23-6-7-27-8-9-28-10-11-29-12-13-30-15-19(22)14-24-21(26)17(2)3/h17-19H,5-16H2,1-4H3,(H,23,25)(H,24,26). The minimum atomic E-state index is -1.24. The fourth-order valence-corrected chi connectivity index (χ4v) is 1.99. The molecule has 0 spiro atoms. The number of halogens is 1. The maximum Gasteiger partial charge on any atom is 0.246 e. The number of carbonyl (C=O) groups is 2. The number of rotatable bonds is 21. The number of carbonyl (C=O) groups excluding carboxylic acids is 2. The summed E-state index contributed by atoms with van der Waals surface area (Å²) >= 11 is 0. The highest BCUT2D eigenvalue weighted by molar-refractivity contribution is 5.77. The van der Waals surface area contributed by atoms with Crippen LogP contribution in [-0.4, -0.2) is 96.6 Å². The van der Waals surface area contributed by atoms with Crippen molar-refractivity contribution in [3.8, 4) is 0 Å². The number of hydrogen-bond donors (Lipinski definition) is 2. The number of hydrogen-bond acceptors (Lipinski definition) is 7. The first kappa shape index (κ1) is 29.7. The molecule has 0 aliphatic carbocycles. The van der Waals surface area contributed by atoms with Gasteiger partial charge in [0.1, 0.15) is 12.8 Å². The van der Waals surface area contributed by atoms with Crippen molar-refractivity contribution >= 4 is 11.8 Å². The van der Waals surface area contributed by atoms with Crippen LogP contribution in [0.3, 0.4) is 0 Å². The molecule has 9 nitrogen and oxygen atoms in total. The zero-order valence-corrected chi connectivity index (χ0v) is 19.5. The Kier molecular flexibility index (Phi) is 19.7. The van der Waals surface area contributed by atoms with E-state index in [2.05, 4.69) is 10.6 Å². The molecule has 0 aliphatic heterocycles. The molecule has 0 rings (SSSR count). The van der Waals surface area contributed by atoms with Gasteiger partial charge in [0.25, 0.3) is 0 Å². The third-order valence-corrected chi connectivity index (χ3v) is 4.08. The van der Waals surface area contributed by atoms with Crippen molar-refractivity contribution in [3.05, 3.63) is 0 Å². The summed E-state index contributed by atoms with van der Waals surface area (Å²) in [6.07, 6.45) is -0.291. The smallest absolute Gasteiger partial charge is 0.246 e. The predicted molar refractivity (Wildman–Crippen MR) is 115 cm³/mol. The zero-order chi connectivity index (χ0) is 23.3. The van der Waals surface area contributed by atoms with Crippen LogP contribution in [0, 0.1) is 5.92 Å². The third kappa shape index (κ3) is 20.3. The van der Waals surface area contributed by atoms with Crippen molar-refractivity contribution in [2.24, 2.45) is 5.92 Å². The van der Waals surface area contributed by atoms with Crippen LogP contribution in [0.2, 0.25) is 0 Å². The Labute approximate surface area is 185 Å². The summed E-state index contributed by atoms with van der Waals surface area (Å²) in [6, 6.07) is 0. The Morgan fingerprint density at radius 1 is 0.839 bits per heavy atom. The summed E-state index contributed by atoms with van der Waals surface area (Å²) in [5, 5.41) is 5.24. The molecule has 0 heterocycles. The van der Waals surface area contributed by atoms with Crippen LogP contribution >= 0.6 is 0 Å². The lowest BCUT2D eigenvalue weighted by Crippen LogP contribution is -2.35. The fraction of sp³-hybridized carbons (Fsp3) is 0.905. The molecule has 0 saturated carbocycles. The van der Waals surface area contributed by atoms with E-state index in [0.717, 1.165) is 6.42 Å². The van der Waals surface area contributed by atoms with E-state index in [0.29, 0.717) is 46.2 Å². The van der Waals surface area contributed by atoms with Gasteiger partial charge in [0.2, 0.25) is 11.8 Å². The van der Waals surface area contributed by atoms with Crippen LogP contribution in [0.15, 0.2) is 0 Å². The number of nitrogens with one attached hydrogen (secondary N) is 2. The normalized spacial score (nSPS) is 13.2. The molecule has 0 saturated heterocycles. The second kappa shape index (κ2) is 20.6. The fourth-order valence-electron chi connectivity index (χ4n) is 1.99. The van der Waals surface area contributed by atoms with E-state index in [1.165, 1.54) is 0 Å². The van der Waals surface area contributed by atoms with E-state index in [1.54, 1.807) is 13.8 Å². The molecule has 2 atom stereocenters. The van der Waals surface area contributed by atoms with Gasteiger partial charge in [0, 0.05) is 12.5 Å². The predicted octanol–water partition coefficient (Wildman–Crippen LogP) is 1.09. The molecule has 0 bridgehead atoms. The van der Waals surface area contributed by atoms with Gasteiger partial charge in [-0.05, 0) is 13.3 Å². The Morgan fingerprint density at radius 2 is 1.39 bits per heavy atom. The minimum Gasteiger partial charge on any atom is -0.377 e. The first-order valence-electron chi connectivity index (χ1n) is 11.0. The molecule has 2 unspecified atom stereocenters. The van der Waals surface area contributed by atoms with E-state index in [9.17, 15) is 14.0 Å². The molecule has 2 N–H and O–H groups in total. The van der Waals surface area contributed by atoms with Gasteiger partial charge in [0.05, 0.1) is 65.5 Å². The average Bonchev–Trinajstić information content (AvgIpc) is 2.75. The van der Waals surface area contributed by atoms with Crippen molar-refractivity contribution < 1.29 is 37.7 Å². The molecule has 0 radical (unpaired) electrons. The molecule has 184 valence electrons. The van der Waals surface area contributed by atoms with Crippen LogP contribution in [0.5, 0.6) is 0 Å². The highest BCUT2D eigenvalue weighted by Gasteiger charge is 2.11. The number of amides is 2. The van der Waals surface area contributed by atoms with Crippen LogP contribution in [0.4, 0.5) is 4.39 Å². The summed E-state index contributed by atoms with van der Waals surface area (Å²) in [4.78, 5) is 22.8. The van der Waals surface area contributed by atoms with Crippen molar-refractivity contribution in [1.82, 2.24) is 10.6 Å². The molecule has 0 aromatic heterocycles. The molecule has 0 fully saturated rings. The molecular formula is C21H41FN2O7. The second-order valence-corrected chi connectivity index (χ2v) is 7.29. The topological polar surface area (TPSA) is 104 Å². The summed E-state index contributed by atoms with van der Waals surface area (Å²) < 4.78 is 40.1. The molecular weight excluding hydrogens is 411 g/mol. The van der Waals surface area contributed by atoms with E-state index >= 15 is 0 Å². The van der Waals surface area contributed by atoms with Gasteiger partial charge < -0.3 is 34.3 Å². The van der Waals surface area contributed by atoms with E-state index < -0.39 is 6.17 Å². The Hall–Kier alpha value is -1.33. The summed E-state index contributed by atoms with van der Waals surface area (Å²) in [5.74, 6) is -0.491. The summed E-state index contributed by atoms with van der Waals surface area (Å²) in [6.45, 7) is 10.5. The molecule has 2 amide bonds. The second-order valence-electron chi connectivity index (χ2n) is 7.29.